The van der Waals surface area contributed by atoms with E-state index in [1.807, 2.05) is 12.1 Å². The number of hydrogen-bond acceptors (Lipinski definition) is 3. The number of nitrogens with zero attached hydrogens (tertiary/aromatic N) is 1. The normalized spacial score (nSPS) is 23.2. The summed E-state index contributed by atoms with van der Waals surface area (Å²) in [6.07, 6.45) is 4.55. The monoisotopic (exact) mass is 248 g/mol. The summed E-state index contributed by atoms with van der Waals surface area (Å²) in [6.45, 7) is 3.09. The second kappa shape index (κ2) is 5.96. The van der Waals surface area contributed by atoms with Crippen LogP contribution in [-0.2, 0) is 6.42 Å². The number of benzene rings is 1. The first-order chi connectivity index (χ1) is 8.68. The molecule has 2 unspecified atom stereocenters. The molecular weight excluding hydrogens is 228 g/mol. The largest absolute Gasteiger partial charge is 0.313 e. The van der Waals surface area contributed by atoms with Crippen LogP contribution < -0.4 is 5.32 Å². The Bertz CT molecular complexity index is 420. The van der Waals surface area contributed by atoms with Crippen molar-refractivity contribution >= 4 is 5.69 Å². The zero-order chi connectivity index (χ0) is 13.0. The Morgan fingerprint density at radius 2 is 2.17 bits per heavy atom. The fourth-order valence-electron chi connectivity index (χ4n) is 2.74. The smallest absolute Gasteiger partial charge is 0.272 e. The fraction of sp³-hybridized carbons (Fsp3) is 0.571. The SMILES string of the molecule is CC1CCCC1NCCc1ccccc1[N+](=O)[O-]. The van der Waals surface area contributed by atoms with Crippen LogP contribution in [0.25, 0.3) is 0 Å². The van der Waals surface area contributed by atoms with E-state index in [0.29, 0.717) is 6.04 Å². The van der Waals surface area contributed by atoms with E-state index in [9.17, 15) is 10.1 Å². The zero-order valence-electron chi connectivity index (χ0n) is 10.8. The van der Waals surface area contributed by atoms with Gasteiger partial charge in [-0.3, -0.25) is 10.1 Å². The summed E-state index contributed by atoms with van der Waals surface area (Å²) < 4.78 is 0. The Kier molecular flexibility index (Phi) is 4.31. The van der Waals surface area contributed by atoms with Gasteiger partial charge in [0, 0.05) is 17.7 Å². The van der Waals surface area contributed by atoms with E-state index in [0.717, 1.165) is 24.4 Å². The molecule has 4 nitrogen and oxygen atoms in total. The Hall–Kier alpha value is -1.42. The number of nitro benzene ring substituents is 1. The van der Waals surface area contributed by atoms with E-state index < -0.39 is 0 Å². The van der Waals surface area contributed by atoms with Crippen molar-refractivity contribution in [2.24, 2.45) is 5.92 Å². The Balaban J connectivity index is 1.88. The van der Waals surface area contributed by atoms with Crippen molar-refractivity contribution in [3.63, 3.8) is 0 Å². The molecular formula is C14H20N2O2. The van der Waals surface area contributed by atoms with E-state index in [1.54, 1.807) is 12.1 Å². The third kappa shape index (κ3) is 3.07. The van der Waals surface area contributed by atoms with Gasteiger partial charge in [0.25, 0.3) is 5.69 Å². The minimum Gasteiger partial charge on any atom is -0.313 e. The molecule has 0 saturated heterocycles. The van der Waals surface area contributed by atoms with Crippen LogP contribution in [0, 0.1) is 16.0 Å². The van der Waals surface area contributed by atoms with E-state index in [2.05, 4.69) is 12.2 Å². The molecule has 1 aromatic rings. The third-order valence-corrected chi connectivity index (χ3v) is 3.85. The van der Waals surface area contributed by atoms with Crippen LogP contribution in [0.15, 0.2) is 24.3 Å². The molecule has 2 atom stereocenters. The maximum absolute atomic E-state index is 10.9. The number of nitrogens with one attached hydrogen (secondary N) is 1. The maximum atomic E-state index is 10.9. The maximum Gasteiger partial charge on any atom is 0.272 e. The zero-order valence-corrected chi connectivity index (χ0v) is 10.8. The van der Waals surface area contributed by atoms with Gasteiger partial charge in [0.1, 0.15) is 0 Å². The van der Waals surface area contributed by atoms with Gasteiger partial charge in [-0.05, 0) is 31.7 Å². The highest BCUT2D eigenvalue weighted by Gasteiger charge is 2.22. The van der Waals surface area contributed by atoms with Gasteiger partial charge in [-0.25, -0.2) is 0 Å². The lowest BCUT2D eigenvalue weighted by Gasteiger charge is -2.17. The number of nitro groups is 1. The fourth-order valence-corrected chi connectivity index (χ4v) is 2.74. The summed E-state index contributed by atoms with van der Waals surface area (Å²) >= 11 is 0. The van der Waals surface area contributed by atoms with Gasteiger partial charge in [-0.2, -0.15) is 0 Å². The molecule has 0 heterocycles. The van der Waals surface area contributed by atoms with Crippen molar-refractivity contribution in [3.05, 3.63) is 39.9 Å². The molecule has 1 aliphatic rings. The Morgan fingerprint density at radius 1 is 1.39 bits per heavy atom. The first-order valence-electron chi connectivity index (χ1n) is 6.64. The van der Waals surface area contributed by atoms with Gasteiger partial charge in [0.2, 0.25) is 0 Å². The lowest BCUT2D eigenvalue weighted by atomic mass is 10.1. The van der Waals surface area contributed by atoms with Crippen molar-refractivity contribution in [2.75, 3.05) is 6.54 Å². The van der Waals surface area contributed by atoms with E-state index in [-0.39, 0.29) is 10.6 Å². The summed E-state index contributed by atoms with van der Waals surface area (Å²) in [5, 5.41) is 14.4. The minimum atomic E-state index is -0.298. The average molecular weight is 248 g/mol. The molecule has 0 radical (unpaired) electrons. The van der Waals surface area contributed by atoms with Gasteiger partial charge >= 0.3 is 0 Å². The molecule has 0 bridgehead atoms. The molecule has 98 valence electrons. The topological polar surface area (TPSA) is 55.2 Å². The van der Waals surface area contributed by atoms with Crippen LogP contribution in [0.3, 0.4) is 0 Å². The van der Waals surface area contributed by atoms with Crippen molar-refractivity contribution in [2.45, 2.75) is 38.6 Å². The molecule has 18 heavy (non-hydrogen) atoms. The van der Waals surface area contributed by atoms with E-state index >= 15 is 0 Å². The molecule has 1 aliphatic carbocycles. The summed E-state index contributed by atoms with van der Waals surface area (Å²) in [5.74, 6) is 0.732. The standard InChI is InChI=1S/C14H20N2O2/c1-11-5-4-7-13(11)15-10-9-12-6-2-3-8-14(12)16(17)18/h2-3,6,8,11,13,15H,4-5,7,9-10H2,1H3. The lowest BCUT2D eigenvalue weighted by molar-refractivity contribution is -0.385. The first-order valence-corrected chi connectivity index (χ1v) is 6.64. The highest BCUT2D eigenvalue weighted by molar-refractivity contribution is 5.39. The molecule has 0 amide bonds. The highest BCUT2D eigenvalue weighted by atomic mass is 16.6. The minimum absolute atomic E-state index is 0.235. The summed E-state index contributed by atoms with van der Waals surface area (Å²) in [6, 6.07) is 7.59. The summed E-state index contributed by atoms with van der Waals surface area (Å²) in [5.41, 5.74) is 1.06. The predicted octanol–water partition coefficient (Wildman–Crippen LogP) is 2.92. The predicted molar refractivity (Wildman–Crippen MR) is 71.6 cm³/mol. The molecule has 0 spiro atoms. The average Bonchev–Trinajstić information content (AvgIpc) is 2.76. The van der Waals surface area contributed by atoms with Crippen LogP contribution in [-0.4, -0.2) is 17.5 Å². The second-order valence-electron chi connectivity index (χ2n) is 5.10. The molecule has 1 saturated carbocycles. The van der Waals surface area contributed by atoms with Gasteiger partial charge < -0.3 is 5.32 Å². The quantitative estimate of drug-likeness (QED) is 0.644. The molecule has 1 fully saturated rings. The van der Waals surface area contributed by atoms with Gasteiger partial charge in [0.15, 0.2) is 0 Å². The van der Waals surface area contributed by atoms with Crippen LogP contribution in [0.2, 0.25) is 0 Å². The van der Waals surface area contributed by atoms with Gasteiger partial charge in [-0.1, -0.05) is 31.5 Å². The highest BCUT2D eigenvalue weighted by Crippen LogP contribution is 2.25. The number of rotatable bonds is 5. The summed E-state index contributed by atoms with van der Waals surface area (Å²) in [4.78, 5) is 10.6. The van der Waals surface area contributed by atoms with Crippen LogP contribution in [0.5, 0.6) is 0 Å². The first kappa shape index (κ1) is 13.0. The second-order valence-corrected chi connectivity index (χ2v) is 5.10. The molecule has 1 aromatic carbocycles. The molecule has 2 rings (SSSR count). The van der Waals surface area contributed by atoms with Gasteiger partial charge in [-0.15, -0.1) is 0 Å². The third-order valence-electron chi connectivity index (χ3n) is 3.85. The van der Waals surface area contributed by atoms with E-state index in [1.165, 1.54) is 19.3 Å². The van der Waals surface area contributed by atoms with Crippen LogP contribution in [0.1, 0.15) is 31.7 Å². The lowest BCUT2D eigenvalue weighted by Crippen LogP contribution is -2.32. The van der Waals surface area contributed by atoms with Crippen molar-refractivity contribution in [3.8, 4) is 0 Å². The summed E-state index contributed by atoms with van der Waals surface area (Å²) in [7, 11) is 0. The molecule has 0 aliphatic heterocycles. The molecule has 4 heteroatoms. The van der Waals surface area contributed by atoms with Crippen molar-refractivity contribution in [1.82, 2.24) is 5.32 Å². The van der Waals surface area contributed by atoms with Crippen LogP contribution >= 0.6 is 0 Å². The van der Waals surface area contributed by atoms with Crippen molar-refractivity contribution in [1.29, 1.82) is 0 Å². The molecule has 1 N–H and O–H groups in total. The molecule has 0 aromatic heterocycles. The number of hydrogen-bond donors (Lipinski definition) is 1. The van der Waals surface area contributed by atoms with Crippen LogP contribution in [0.4, 0.5) is 5.69 Å². The number of para-hydroxylation sites is 1. The Morgan fingerprint density at radius 3 is 2.83 bits per heavy atom. The Labute approximate surface area is 108 Å². The van der Waals surface area contributed by atoms with Gasteiger partial charge in [0.05, 0.1) is 4.92 Å². The van der Waals surface area contributed by atoms with E-state index in [4.69, 9.17) is 0 Å². The van der Waals surface area contributed by atoms with Crippen molar-refractivity contribution < 1.29 is 4.92 Å².